The quantitative estimate of drug-likeness (QED) is 0.134. The van der Waals surface area contributed by atoms with Gasteiger partial charge in [0.15, 0.2) is 0 Å². The van der Waals surface area contributed by atoms with Gasteiger partial charge in [-0.15, -0.1) is 0 Å². The van der Waals surface area contributed by atoms with Crippen LogP contribution in [0.15, 0.2) is 261 Å². The molecule has 0 spiro atoms. The Bertz CT molecular complexity index is 2980. The third kappa shape index (κ3) is 8.06. The standard InChI is InChI=1S/C60H43N/c1-5-13-44(14-6-1)46-21-23-47(24-22-46)50-31-38-57(39-32-50)61(56-36-29-49(30-37-56)45-15-7-2-8-16-45)58-40-33-51(34-41-58)48-25-27-52(28-26-48)55-35-42-59(53-17-9-3-10-18-53)60(43-55)54-19-11-4-12-20-54/h1-43H. The minimum Gasteiger partial charge on any atom is -0.311 e. The van der Waals surface area contributed by atoms with Gasteiger partial charge in [0.05, 0.1) is 0 Å². The van der Waals surface area contributed by atoms with Crippen LogP contribution in [0.2, 0.25) is 0 Å². The molecular formula is C60H43N. The topological polar surface area (TPSA) is 3.24 Å². The van der Waals surface area contributed by atoms with E-state index in [0.717, 1.165) is 17.1 Å². The zero-order valence-corrected chi connectivity index (χ0v) is 33.8. The molecule has 288 valence electrons. The Labute approximate surface area is 359 Å². The van der Waals surface area contributed by atoms with Gasteiger partial charge in [0.1, 0.15) is 0 Å². The van der Waals surface area contributed by atoms with Crippen molar-refractivity contribution in [1.82, 2.24) is 0 Å². The zero-order valence-electron chi connectivity index (χ0n) is 33.8. The number of benzene rings is 10. The van der Waals surface area contributed by atoms with E-state index >= 15 is 0 Å². The lowest BCUT2D eigenvalue weighted by Crippen LogP contribution is -2.09. The fraction of sp³-hybridized carbons (Fsp3) is 0. The summed E-state index contributed by atoms with van der Waals surface area (Å²) in [5.74, 6) is 0. The van der Waals surface area contributed by atoms with Gasteiger partial charge in [0, 0.05) is 17.1 Å². The molecule has 0 aliphatic heterocycles. The molecular weight excluding hydrogens is 735 g/mol. The summed E-state index contributed by atoms with van der Waals surface area (Å²) in [5.41, 5.74) is 20.2. The van der Waals surface area contributed by atoms with Gasteiger partial charge in [-0.05, 0) is 120 Å². The van der Waals surface area contributed by atoms with E-state index in [-0.39, 0.29) is 0 Å². The van der Waals surface area contributed by atoms with Crippen molar-refractivity contribution in [2.24, 2.45) is 0 Å². The molecule has 0 heterocycles. The molecule has 0 unspecified atom stereocenters. The second-order valence-corrected chi connectivity index (χ2v) is 15.4. The van der Waals surface area contributed by atoms with E-state index in [1.807, 2.05) is 0 Å². The first-order valence-corrected chi connectivity index (χ1v) is 20.9. The minimum absolute atomic E-state index is 1.10. The molecule has 1 heteroatoms. The molecule has 0 aromatic heterocycles. The molecule has 0 bridgehead atoms. The fourth-order valence-electron chi connectivity index (χ4n) is 8.28. The Morgan fingerprint density at radius 2 is 0.393 bits per heavy atom. The van der Waals surface area contributed by atoms with E-state index < -0.39 is 0 Å². The van der Waals surface area contributed by atoms with Gasteiger partial charge in [0.25, 0.3) is 0 Å². The van der Waals surface area contributed by atoms with E-state index in [2.05, 4.69) is 266 Å². The van der Waals surface area contributed by atoms with Crippen LogP contribution in [0.1, 0.15) is 0 Å². The first-order valence-electron chi connectivity index (χ1n) is 20.9. The second kappa shape index (κ2) is 17.1. The Kier molecular flexibility index (Phi) is 10.4. The maximum absolute atomic E-state index is 2.34. The average molecular weight is 778 g/mol. The second-order valence-electron chi connectivity index (χ2n) is 15.4. The molecule has 0 saturated carbocycles. The van der Waals surface area contributed by atoms with Gasteiger partial charge in [-0.1, -0.05) is 218 Å². The van der Waals surface area contributed by atoms with Gasteiger partial charge in [-0.3, -0.25) is 0 Å². The van der Waals surface area contributed by atoms with E-state index in [9.17, 15) is 0 Å². The summed E-state index contributed by atoms with van der Waals surface area (Å²) in [5, 5.41) is 0. The number of nitrogens with zero attached hydrogens (tertiary/aromatic N) is 1. The molecule has 0 aliphatic rings. The summed E-state index contributed by atoms with van der Waals surface area (Å²) in [6.45, 7) is 0. The zero-order chi connectivity index (χ0) is 40.8. The molecule has 10 rings (SSSR count). The molecule has 1 nitrogen and oxygen atoms in total. The van der Waals surface area contributed by atoms with Crippen molar-refractivity contribution < 1.29 is 0 Å². The predicted molar refractivity (Wildman–Crippen MR) is 259 cm³/mol. The van der Waals surface area contributed by atoms with E-state index in [1.54, 1.807) is 0 Å². The highest BCUT2D eigenvalue weighted by molar-refractivity contribution is 5.88. The highest BCUT2D eigenvalue weighted by Crippen LogP contribution is 2.39. The molecule has 0 radical (unpaired) electrons. The number of hydrogen-bond donors (Lipinski definition) is 0. The third-order valence-electron chi connectivity index (χ3n) is 11.5. The average Bonchev–Trinajstić information content (AvgIpc) is 3.36. The third-order valence-corrected chi connectivity index (χ3v) is 11.5. The van der Waals surface area contributed by atoms with Crippen LogP contribution in [-0.2, 0) is 0 Å². The molecule has 0 atom stereocenters. The lowest BCUT2D eigenvalue weighted by atomic mass is 9.91. The normalized spacial score (nSPS) is 11.0. The van der Waals surface area contributed by atoms with Crippen LogP contribution in [-0.4, -0.2) is 0 Å². The van der Waals surface area contributed by atoms with Gasteiger partial charge in [-0.25, -0.2) is 0 Å². The smallest absolute Gasteiger partial charge is 0.0462 e. The number of rotatable bonds is 10. The summed E-state index contributed by atoms with van der Waals surface area (Å²) < 4.78 is 0. The summed E-state index contributed by atoms with van der Waals surface area (Å²) >= 11 is 0. The van der Waals surface area contributed by atoms with Crippen LogP contribution >= 0.6 is 0 Å². The summed E-state index contributed by atoms with van der Waals surface area (Å²) in [6, 6.07) is 93.8. The Morgan fingerprint density at radius 1 is 0.164 bits per heavy atom. The monoisotopic (exact) mass is 777 g/mol. The van der Waals surface area contributed by atoms with Crippen molar-refractivity contribution in [3.63, 3.8) is 0 Å². The lowest BCUT2D eigenvalue weighted by Gasteiger charge is -2.26. The van der Waals surface area contributed by atoms with Crippen LogP contribution < -0.4 is 4.90 Å². The van der Waals surface area contributed by atoms with Crippen molar-refractivity contribution in [2.45, 2.75) is 0 Å². The number of anilines is 3. The molecule has 0 aliphatic carbocycles. The maximum Gasteiger partial charge on any atom is 0.0462 e. The summed E-state index contributed by atoms with van der Waals surface area (Å²) in [7, 11) is 0. The predicted octanol–water partition coefficient (Wildman–Crippen LogP) is 16.8. The van der Waals surface area contributed by atoms with Gasteiger partial charge in [0.2, 0.25) is 0 Å². The molecule has 0 amide bonds. The van der Waals surface area contributed by atoms with E-state index in [0.29, 0.717) is 0 Å². The first-order chi connectivity index (χ1) is 30.2. The number of hydrogen-bond acceptors (Lipinski definition) is 1. The summed E-state index contributed by atoms with van der Waals surface area (Å²) in [6.07, 6.45) is 0. The van der Waals surface area contributed by atoms with Crippen LogP contribution in [0, 0.1) is 0 Å². The van der Waals surface area contributed by atoms with Crippen molar-refractivity contribution in [1.29, 1.82) is 0 Å². The Hall–Kier alpha value is -8.00. The van der Waals surface area contributed by atoms with Gasteiger partial charge >= 0.3 is 0 Å². The van der Waals surface area contributed by atoms with Crippen molar-refractivity contribution in [3.05, 3.63) is 261 Å². The highest BCUT2D eigenvalue weighted by atomic mass is 15.1. The summed E-state index contributed by atoms with van der Waals surface area (Å²) in [4.78, 5) is 2.34. The van der Waals surface area contributed by atoms with Crippen LogP contribution in [0.5, 0.6) is 0 Å². The molecule has 10 aromatic carbocycles. The minimum atomic E-state index is 1.10. The Balaban J connectivity index is 0.939. The molecule has 0 N–H and O–H groups in total. The van der Waals surface area contributed by atoms with E-state index in [1.165, 1.54) is 77.9 Å². The Morgan fingerprint density at radius 3 is 0.721 bits per heavy atom. The molecule has 0 fully saturated rings. The largest absolute Gasteiger partial charge is 0.311 e. The van der Waals surface area contributed by atoms with Crippen molar-refractivity contribution in [3.8, 4) is 77.9 Å². The van der Waals surface area contributed by atoms with Crippen molar-refractivity contribution >= 4 is 17.1 Å². The molecule has 61 heavy (non-hydrogen) atoms. The maximum atomic E-state index is 2.34. The van der Waals surface area contributed by atoms with Crippen LogP contribution in [0.25, 0.3) is 77.9 Å². The first kappa shape index (κ1) is 37.3. The highest BCUT2D eigenvalue weighted by Gasteiger charge is 2.15. The fourth-order valence-corrected chi connectivity index (χ4v) is 8.28. The van der Waals surface area contributed by atoms with Gasteiger partial charge < -0.3 is 4.90 Å². The van der Waals surface area contributed by atoms with Crippen molar-refractivity contribution in [2.75, 3.05) is 4.90 Å². The SMILES string of the molecule is c1ccc(-c2ccc(-c3ccc(N(c4ccc(-c5ccccc5)cc4)c4ccc(-c5ccc(-c6ccc(-c7ccccc7)c(-c7ccccc7)c6)cc5)cc4)cc3)cc2)cc1. The van der Waals surface area contributed by atoms with E-state index in [4.69, 9.17) is 0 Å². The lowest BCUT2D eigenvalue weighted by molar-refractivity contribution is 1.28. The van der Waals surface area contributed by atoms with Crippen LogP contribution in [0.4, 0.5) is 17.1 Å². The molecule has 0 saturated heterocycles. The molecule has 10 aromatic rings. The van der Waals surface area contributed by atoms with Gasteiger partial charge in [-0.2, -0.15) is 0 Å². The van der Waals surface area contributed by atoms with Crippen LogP contribution in [0.3, 0.4) is 0 Å².